The summed E-state index contributed by atoms with van der Waals surface area (Å²) in [5.74, 6) is 3.74. The molecule has 21 aromatic rings. The normalized spacial score (nSPS) is 16.5. The fourth-order valence-electron chi connectivity index (χ4n) is 22.1. The van der Waals surface area contributed by atoms with Crippen LogP contribution in [0.25, 0.3) is 157 Å². The Morgan fingerprint density at radius 1 is 0.202 bits per heavy atom. The van der Waals surface area contributed by atoms with Gasteiger partial charge in [0.2, 0.25) is 0 Å². The molecule has 0 saturated carbocycles. The van der Waals surface area contributed by atoms with Crippen molar-refractivity contribution in [2.24, 2.45) is 0 Å². The second-order valence-corrected chi connectivity index (χ2v) is 34.5. The van der Waals surface area contributed by atoms with Crippen LogP contribution in [0.1, 0.15) is 93.1 Å². The fourth-order valence-corrected chi connectivity index (χ4v) is 22.1. The molecule has 3 atom stereocenters. The first-order valence-electron chi connectivity index (χ1n) is 42.9. The van der Waals surface area contributed by atoms with Crippen molar-refractivity contribution in [3.8, 4) is 113 Å². The Hall–Kier alpha value is -15.6. The molecule has 8 nitrogen and oxygen atoms in total. The third-order valence-corrected chi connectivity index (χ3v) is 27.6. The molecule has 0 radical (unpaired) electrons. The van der Waals surface area contributed by atoms with Gasteiger partial charge >= 0.3 is 0 Å². The number of rotatable bonds is 11. The Morgan fingerprint density at radius 2 is 0.516 bits per heavy atom. The number of aromatic nitrogens is 8. The predicted octanol–water partition coefficient (Wildman–Crippen LogP) is 27.1. The van der Waals surface area contributed by atoms with Crippen molar-refractivity contribution in [1.82, 2.24) is 39.0 Å². The first-order valence-corrected chi connectivity index (χ1v) is 42.9. The van der Waals surface area contributed by atoms with Crippen molar-refractivity contribution in [3.63, 3.8) is 0 Å². The monoisotopic (exact) mass is 1580 g/mol. The highest BCUT2D eigenvalue weighted by molar-refractivity contribution is 6.14. The van der Waals surface area contributed by atoms with Gasteiger partial charge in [-0.3, -0.25) is 0 Å². The fraction of sp³-hybridized carbons (Fsp3) is 0.0690. The molecule has 2 aliphatic carbocycles. The maximum atomic E-state index is 5.26. The first-order chi connectivity index (χ1) is 61.1. The Morgan fingerprint density at radius 3 is 1.06 bits per heavy atom. The molecule has 0 saturated heterocycles. The summed E-state index contributed by atoms with van der Waals surface area (Å²) < 4.78 is 5.15. The summed E-state index contributed by atoms with van der Waals surface area (Å²) in [6, 6.07) is 150. The molecule has 124 heavy (non-hydrogen) atoms. The highest BCUT2D eigenvalue weighted by Gasteiger charge is 2.56. The molecule has 582 valence electrons. The SMILES string of the molecule is CC1(C)c2ccccc2C2(c3ccccc3-n3c4ccc(CC5(C)c6ccccc6C6(c7ccccc7-n7c8ccccc8c8cccc6c87)c6cc(-c7ccc(-c8nc(-c9ccccc9)nc(-c9ccc(-c%10ccccc%10)cc9)n8)cc7)ccc65)cc4c4cccc2c43)c2cc(-c3cccc(-c4nc(-c5ccccc5)nc(-c5ccccc5)n4)c3)ccc21. The molecule has 4 aliphatic rings. The van der Waals surface area contributed by atoms with Crippen LogP contribution >= 0.6 is 0 Å². The van der Waals surface area contributed by atoms with Gasteiger partial charge in [0.15, 0.2) is 34.9 Å². The van der Waals surface area contributed by atoms with E-state index in [9.17, 15) is 0 Å². The molecular weight excluding hydrogens is 1510 g/mol. The average molecular weight is 1580 g/mol. The van der Waals surface area contributed by atoms with Gasteiger partial charge < -0.3 is 9.13 Å². The molecule has 8 heteroatoms. The van der Waals surface area contributed by atoms with E-state index in [1.165, 1.54) is 127 Å². The van der Waals surface area contributed by atoms with Gasteiger partial charge in [-0.1, -0.05) is 379 Å². The van der Waals surface area contributed by atoms with Crippen molar-refractivity contribution in [3.05, 3.63) is 479 Å². The first kappa shape index (κ1) is 71.3. The van der Waals surface area contributed by atoms with E-state index in [-0.39, 0.29) is 5.41 Å². The standard InChI is InChI=1S/C116H78N8/c1-113(2)89-42-17-19-44-93(89)115(99-70-83(62-64-90(99)113)81-37-26-38-84(68-81)112-121-108(77-33-12-6-13-34-77)117-109(122-112)78-35-14-7-15-36-78)95-46-21-25-52-104(95)124-102-66-53-72(67-88(102)87-41-28-49-98(115)106(87)124)71-114(3)91-43-18-20-45-94(91)116(96-47-22-24-51-103(96)123-101-50-23-16-39-85(101)86-40-27-48-97(116)105(86)123)100-69-82(63-65-92(100)114)75-56-60-80(61-57-75)111-119-107(76-31-10-5-11-32-76)118-110(120-111)79-58-54-74(55-59-79)73-29-8-4-9-30-73/h4-70H,71H2,1-3H3. The number of benzene rings is 17. The second-order valence-electron chi connectivity index (χ2n) is 34.5. The van der Waals surface area contributed by atoms with Gasteiger partial charge in [0.25, 0.3) is 0 Å². The van der Waals surface area contributed by atoms with Gasteiger partial charge in [0.05, 0.1) is 44.3 Å². The lowest BCUT2D eigenvalue weighted by atomic mass is 9.52. The van der Waals surface area contributed by atoms with E-state index in [4.69, 9.17) is 29.9 Å². The molecule has 0 bridgehead atoms. The summed E-state index contributed by atoms with van der Waals surface area (Å²) in [4.78, 5) is 31.1. The van der Waals surface area contributed by atoms with E-state index >= 15 is 0 Å². The quantitative estimate of drug-likeness (QED) is 0.128. The minimum atomic E-state index is -0.755. The van der Waals surface area contributed by atoms with Gasteiger partial charge in [-0.15, -0.1) is 0 Å². The minimum absolute atomic E-state index is 0.353. The molecular formula is C116H78N8. The van der Waals surface area contributed by atoms with Crippen molar-refractivity contribution < 1.29 is 0 Å². The van der Waals surface area contributed by atoms with Crippen LogP contribution in [0.2, 0.25) is 0 Å². The van der Waals surface area contributed by atoms with E-state index in [1.807, 2.05) is 54.6 Å². The van der Waals surface area contributed by atoms with Crippen LogP contribution in [0.5, 0.6) is 0 Å². The largest absolute Gasteiger partial charge is 0.309 e. The third kappa shape index (κ3) is 10.4. The highest BCUT2D eigenvalue weighted by atomic mass is 15.1. The van der Waals surface area contributed by atoms with Crippen molar-refractivity contribution in [1.29, 1.82) is 0 Å². The van der Waals surface area contributed by atoms with E-state index < -0.39 is 16.2 Å². The molecule has 0 amide bonds. The van der Waals surface area contributed by atoms with Gasteiger partial charge in [-0.2, -0.15) is 0 Å². The summed E-state index contributed by atoms with van der Waals surface area (Å²) in [6.07, 6.45) is 0.724. The molecule has 0 fully saturated rings. The zero-order valence-electron chi connectivity index (χ0n) is 68.5. The lowest BCUT2D eigenvalue weighted by Crippen LogP contribution is -2.45. The van der Waals surface area contributed by atoms with Crippen LogP contribution in [0.15, 0.2) is 406 Å². The number of hydrogen-bond acceptors (Lipinski definition) is 6. The number of hydrogen-bond donors (Lipinski definition) is 0. The molecule has 3 unspecified atom stereocenters. The molecule has 17 aromatic carbocycles. The van der Waals surface area contributed by atoms with Gasteiger partial charge in [0, 0.05) is 65.8 Å². The second kappa shape index (κ2) is 27.2. The summed E-state index contributed by atoms with van der Waals surface area (Å²) in [5.41, 5.74) is 33.8. The zero-order valence-corrected chi connectivity index (χ0v) is 68.5. The molecule has 4 aromatic heterocycles. The summed E-state index contributed by atoms with van der Waals surface area (Å²) in [5, 5.41) is 4.95. The smallest absolute Gasteiger partial charge is 0.164 e. The Kier molecular flexibility index (Phi) is 15.6. The maximum Gasteiger partial charge on any atom is 0.164 e. The summed E-state index contributed by atoms with van der Waals surface area (Å²) in [6.45, 7) is 7.36. The van der Waals surface area contributed by atoms with E-state index in [0.717, 1.165) is 73.2 Å². The van der Waals surface area contributed by atoms with Crippen LogP contribution in [0, 0.1) is 0 Å². The van der Waals surface area contributed by atoms with E-state index in [0.29, 0.717) is 34.9 Å². The molecule has 0 N–H and O–H groups in total. The topological polar surface area (TPSA) is 87.2 Å². The molecule has 25 rings (SSSR count). The van der Waals surface area contributed by atoms with Gasteiger partial charge in [-0.05, 0) is 161 Å². The van der Waals surface area contributed by atoms with Crippen LogP contribution in [-0.2, 0) is 28.1 Å². The third-order valence-electron chi connectivity index (χ3n) is 27.6. The Bertz CT molecular complexity index is 7930. The number of nitrogens with zero attached hydrogens (tertiary/aromatic N) is 8. The van der Waals surface area contributed by atoms with Crippen LogP contribution in [-0.4, -0.2) is 39.0 Å². The summed E-state index contributed by atoms with van der Waals surface area (Å²) in [7, 11) is 0. The van der Waals surface area contributed by atoms with E-state index in [1.54, 1.807) is 0 Å². The van der Waals surface area contributed by atoms with Crippen molar-refractivity contribution >= 4 is 43.6 Å². The number of para-hydroxylation sites is 5. The Balaban J connectivity index is 0.648. The van der Waals surface area contributed by atoms with Crippen molar-refractivity contribution in [2.75, 3.05) is 0 Å². The number of fused-ring (bicyclic) bond motifs is 22. The summed E-state index contributed by atoms with van der Waals surface area (Å²) >= 11 is 0. The lowest BCUT2D eigenvalue weighted by molar-refractivity contribution is 0.510. The zero-order chi connectivity index (χ0) is 82.2. The van der Waals surface area contributed by atoms with Crippen molar-refractivity contribution in [2.45, 2.75) is 48.9 Å². The van der Waals surface area contributed by atoms with Gasteiger partial charge in [0.1, 0.15) is 0 Å². The Labute approximate surface area is 718 Å². The van der Waals surface area contributed by atoms with Crippen LogP contribution < -0.4 is 0 Å². The molecule has 2 aliphatic heterocycles. The predicted molar refractivity (Wildman–Crippen MR) is 503 cm³/mol. The lowest BCUT2D eigenvalue weighted by Gasteiger charge is -2.51. The maximum absolute atomic E-state index is 5.26. The van der Waals surface area contributed by atoms with Crippen LogP contribution in [0.3, 0.4) is 0 Å². The van der Waals surface area contributed by atoms with E-state index in [2.05, 4.69) is 382 Å². The highest BCUT2D eigenvalue weighted by Crippen LogP contribution is 2.64. The van der Waals surface area contributed by atoms with Crippen LogP contribution in [0.4, 0.5) is 0 Å². The minimum Gasteiger partial charge on any atom is -0.309 e. The van der Waals surface area contributed by atoms with Gasteiger partial charge in [-0.25, -0.2) is 29.9 Å². The average Bonchev–Trinajstić information content (AvgIpc) is 1.27. The molecule has 2 spiro atoms. The molecule has 6 heterocycles.